The Morgan fingerprint density at radius 3 is 3.05 bits per heavy atom. The number of aliphatic hydroxyl groups is 1. The Hall–Kier alpha value is -2.10. The zero-order chi connectivity index (χ0) is 14.9. The minimum absolute atomic E-state index is 0.356. The van der Waals surface area contributed by atoms with Gasteiger partial charge in [-0.15, -0.1) is 0 Å². The van der Waals surface area contributed by atoms with Crippen molar-refractivity contribution in [2.45, 2.75) is 18.4 Å². The van der Waals surface area contributed by atoms with E-state index in [9.17, 15) is 10.4 Å². The van der Waals surface area contributed by atoms with Crippen LogP contribution in [0.1, 0.15) is 24.1 Å². The van der Waals surface area contributed by atoms with Crippen LogP contribution < -0.4 is 4.90 Å². The van der Waals surface area contributed by atoms with Crippen molar-refractivity contribution in [3.05, 3.63) is 40.7 Å². The second-order valence-corrected chi connectivity index (χ2v) is 5.62. The summed E-state index contributed by atoms with van der Waals surface area (Å²) < 4.78 is 0. The lowest BCUT2D eigenvalue weighted by atomic mass is 9.89. The number of nitrogens with zero attached hydrogens (tertiary/aromatic N) is 4. The molecule has 1 aromatic carbocycles. The first kappa shape index (κ1) is 13.9. The third-order valence-corrected chi connectivity index (χ3v) is 4.02. The van der Waals surface area contributed by atoms with Gasteiger partial charge in [-0.05, 0) is 31.0 Å². The molecule has 6 nitrogen and oxygen atoms in total. The number of H-pyrrole nitrogens is 1. The number of nitrogens with one attached hydrogen (secondary N) is 1. The molecule has 1 aromatic heterocycles. The predicted octanol–water partition coefficient (Wildman–Crippen LogP) is 1.82. The van der Waals surface area contributed by atoms with E-state index in [4.69, 9.17) is 11.6 Å². The number of piperidine rings is 1. The molecule has 0 unspecified atom stereocenters. The number of hydrogen-bond donors (Lipinski definition) is 2. The molecule has 1 fully saturated rings. The number of aromatic nitrogens is 3. The van der Waals surface area contributed by atoms with Gasteiger partial charge in [-0.2, -0.15) is 20.7 Å². The summed E-state index contributed by atoms with van der Waals surface area (Å²) in [4.78, 5) is 1.97. The lowest BCUT2D eigenvalue weighted by Gasteiger charge is -2.39. The number of β-amino-alcohol motifs (C(OH)–C–C–N with tert-alkyl or cyclic N) is 1. The third kappa shape index (κ3) is 2.58. The Bertz CT molecular complexity index is 681. The fraction of sp³-hybridized carbons (Fsp3) is 0.357. The first-order chi connectivity index (χ1) is 10.1. The largest absolute Gasteiger partial charge is 0.382 e. The fourth-order valence-corrected chi connectivity index (χ4v) is 2.90. The average Bonchev–Trinajstić information content (AvgIpc) is 3.02. The maximum Gasteiger partial charge on any atom is 0.127 e. The molecule has 1 saturated heterocycles. The number of benzene rings is 1. The van der Waals surface area contributed by atoms with Gasteiger partial charge in [0.25, 0.3) is 0 Å². The average molecular weight is 304 g/mol. The van der Waals surface area contributed by atoms with E-state index in [1.54, 1.807) is 18.2 Å². The van der Waals surface area contributed by atoms with Gasteiger partial charge in [-0.25, -0.2) is 0 Å². The number of halogens is 1. The van der Waals surface area contributed by atoms with E-state index in [1.165, 1.54) is 6.20 Å². The number of aromatic amines is 1. The van der Waals surface area contributed by atoms with E-state index in [-0.39, 0.29) is 0 Å². The van der Waals surface area contributed by atoms with Crippen molar-refractivity contribution in [3.63, 3.8) is 0 Å². The van der Waals surface area contributed by atoms with Crippen LogP contribution in [0.2, 0.25) is 5.02 Å². The summed E-state index contributed by atoms with van der Waals surface area (Å²) >= 11 is 6.04. The summed E-state index contributed by atoms with van der Waals surface area (Å²) in [7, 11) is 0. The molecule has 0 radical (unpaired) electrons. The first-order valence-electron chi connectivity index (χ1n) is 6.66. The number of hydrogen-bond acceptors (Lipinski definition) is 5. The summed E-state index contributed by atoms with van der Waals surface area (Å²) in [6.07, 6.45) is 2.94. The zero-order valence-electron chi connectivity index (χ0n) is 11.3. The monoisotopic (exact) mass is 303 g/mol. The maximum absolute atomic E-state index is 10.8. The normalized spacial score (nSPS) is 22.0. The van der Waals surface area contributed by atoms with Gasteiger partial charge < -0.3 is 10.0 Å². The predicted molar refractivity (Wildman–Crippen MR) is 77.9 cm³/mol. The van der Waals surface area contributed by atoms with Gasteiger partial charge in [0.2, 0.25) is 0 Å². The molecular formula is C14H14ClN5O. The standard InChI is InChI=1S/C14H14ClN5O/c15-11-3-2-10(7-16)12(6-11)20-5-1-4-14(21,9-20)13-8-17-19-18-13/h2-3,6,8,21H,1,4-5,9H2,(H,17,18,19)/t14-/m1/s1. The van der Waals surface area contributed by atoms with Crippen LogP contribution in [0, 0.1) is 11.3 Å². The molecule has 1 aliphatic rings. The SMILES string of the molecule is N#Cc1ccc(Cl)cc1N1CCC[C@](O)(c2cn[nH]n2)C1. The summed E-state index contributed by atoms with van der Waals surface area (Å²) in [5, 5.41) is 30.9. The molecule has 2 heterocycles. The van der Waals surface area contributed by atoms with Crippen molar-refractivity contribution in [1.29, 1.82) is 5.26 Å². The number of rotatable bonds is 2. The summed E-state index contributed by atoms with van der Waals surface area (Å²) in [5.41, 5.74) is 0.739. The van der Waals surface area contributed by atoms with Gasteiger partial charge in [0.05, 0.1) is 24.0 Å². The molecular weight excluding hydrogens is 290 g/mol. The minimum Gasteiger partial charge on any atom is -0.382 e. The van der Waals surface area contributed by atoms with Crippen LogP contribution in [0.5, 0.6) is 0 Å². The van der Waals surface area contributed by atoms with Gasteiger partial charge in [0, 0.05) is 11.6 Å². The van der Waals surface area contributed by atoms with Gasteiger partial charge in [-0.1, -0.05) is 11.6 Å². The lowest BCUT2D eigenvalue weighted by molar-refractivity contribution is 0.0177. The third-order valence-electron chi connectivity index (χ3n) is 3.78. The summed E-state index contributed by atoms with van der Waals surface area (Å²) in [6, 6.07) is 7.31. The first-order valence-corrected chi connectivity index (χ1v) is 7.03. The van der Waals surface area contributed by atoms with Crippen molar-refractivity contribution in [3.8, 4) is 6.07 Å². The Morgan fingerprint density at radius 2 is 2.33 bits per heavy atom. The molecule has 108 valence electrons. The van der Waals surface area contributed by atoms with E-state index < -0.39 is 5.60 Å². The Labute approximate surface area is 127 Å². The van der Waals surface area contributed by atoms with Gasteiger partial charge in [-0.3, -0.25) is 0 Å². The Kier molecular flexibility index (Phi) is 3.53. The second-order valence-electron chi connectivity index (χ2n) is 5.19. The molecule has 21 heavy (non-hydrogen) atoms. The fourth-order valence-electron chi connectivity index (χ4n) is 2.74. The van der Waals surface area contributed by atoms with Crippen molar-refractivity contribution < 1.29 is 5.11 Å². The van der Waals surface area contributed by atoms with Crippen LogP contribution in [0.3, 0.4) is 0 Å². The summed E-state index contributed by atoms with van der Waals surface area (Å²) in [6.45, 7) is 1.11. The molecule has 0 spiro atoms. The van der Waals surface area contributed by atoms with Crippen molar-refractivity contribution in [2.24, 2.45) is 0 Å². The quantitative estimate of drug-likeness (QED) is 0.883. The molecule has 1 aliphatic heterocycles. The Morgan fingerprint density at radius 1 is 1.48 bits per heavy atom. The molecule has 0 saturated carbocycles. The van der Waals surface area contributed by atoms with Crippen molar-refractivity contribution >= 4 is 17.3 Å². The van der Waals surface area contributed by atoms with Crippen LogP contribution >= 0.6 is 11.6 Å². The van der Waals surface area contributed by atoms with Crippen LogP contribution in [0.4, 0.5) is 5.69 Å². The lowest BCUT2D eigenvalue weighted by Crippen LogP contribution is -2.46. The highest BCUT2D eigenvalue weighted by atomic mass is 35.5. The highest BCUT2D eigenvalue weighted by Gasteiger charge is 2.37. The molecule has 0 bridgehead atoms. The van der Waals surface area contributed by atoms with E-state index in [2.05, 4.69) is 21.5 Å². The number of anilines is 1. The number of nitriles is 1. The van der Waals surface area contributed by atoms with Crippen LogP contribution in [0.25, 0.3) is 0 Å². The van der Waals surface area contributed by atoms with E-state index >= 15 is 0 Å². The van der Waals surface area contributed by atoms with Crippen molar-refractivity contribution in [2.75, 3.05) is 18.0 Å². The van der Waals surface area contributed by atoms with Crippen LogP contribution in [-0.4, -0.2) is 33.6 Å². The topological polar surface area (TPSA) is 88.8 Å². The van der Waals surface area contributed by atoms with Gasteiger partial charge in [0.15, 0.2) is 0 Å². The summed E-state index contributed by atoms with van der Waals surface area (Å²) in [5.74, 6) is 0. The zero-order valence-corrected chi connectivity index (χ0v) is 12.0. The molecule has 1 atom stereocenters. The molecule has 0 aliphatic carbocycles. The van der Waals surface area contributed by atoms with Gasteiger partial charge in [0.1, 0.15) is 17.4 Å². The minimum atomic E-state index is -1.07. The second kappa shape index (κ2) is 5.35. The highest BCUT2D eigenvalue weighted by Crippen LogP contribution is 2.34. The Balaban J connectivity index is 1.94. The molecule has 2 N–H and O–H groups in total. The maximum atomic E-state index is 10.8. The van der Waals surface area contributed by atoms with Crippen molar-refractivity contribution in [1.82, 2.24) is 15.4 Å². The highest BCUT2D eigenvalue weighted by molar-refractivity contribution is 6.30. The molecule has 2 aromatic rings. The van der Waals surface area contributed by atoms with E-state index in [1.807, 2.05) is 4.90 Å². The molecule has 7 heteroatoms. The smallest absolute Gasteiger partial charge is 0.127 e. The molecule has 0 amide bonds. The van der Waals surface area contributed by atoms with E-state index in [0.29, 0.717) is 29.2 Å². The van der Waals surface area contributed by atoms with Gasteiger partial charge >= 0.3 is 0 Å². The van der Waals surface area contributed by atoms with Crippen LogP contribution in [-0.2, 0) is 5.60 Å². The van der Waals surface area contributed by atoms with E-state index in [0.717, 1.165) is 18.7 Å². The molecule has 3 rings (SSSR count). The van der Waals surface area contributed by atoms with Crippen LogP contribution in [0.15, 0.2) is 24.4 Å².